The van der Waals surface area contributed by atoms with Gasteiger partial charge in [0.15, 0.2) is 0 Å². The first-order valence-electron chi connectivity index (χ1n) is 6.38. The Balaban J connectivity index is 2.17. The minimum atomic E-state index is -4.62. The zero-order valence-corrected chi connectivity index (χ0v) is 11.7. The third-order valence-electron chi connectivity index (χ3n) is 3.21. The highest BCUT2D eigenvalue weighted by Crippen LogP contribution is 2.36. The fraction of sp³-hybridized carbons (Fsp3) is 0.462. The number of amides is 2. The van der Waals surface area contributed by atoms with Crippen LogP contribution in [0.2, 0.25) is 5.02 Å². The minimum Gasteiger partial charge on any atom is -0.391 e. The van der Waals surface area contributed by atoms with Gasteiger partial charge in [-0.25, -0.2) is 4.79 Å². The van der Waals surface area contributed by atoms with Gasteiger partial charge in [0.2, 0.25) is 0 Å². The Morgan fingerprint density at radius 3 is 2.76 bits per heavy atom. The summed E-state index contributed by atoms with van der Waals surface area (Å²) in [4.78, 5) is 13.3. The monoisotopic (exact) mass is 322 g/mol. The highest BCUT2D eigenvalue weighted by molar-refractivity contribution is 6.30. The van der Waals surface area contributed by atoms with Crippen LogP contribution in [-0.2, 0) is 6.18 Å². The number of carbonyl (C=O) groups excluding carboxylic acids is 1. The van der Waals surface area contributed by atoms with E-state index in [0.29, 0.717) is 19.4 Å². The maximum atomic E-state index is 12.9. The summed E-state index contributed by atoms with van der Waals surface area (Å²) in [5, 5.41) is 11.7. The number of halogens is 4. The predicted molar refractivity (Wildman–Crippen MR) is 72.3 cm³/mol. The summed E-state index contributed by atoms with van der Waals surface area (Å²) in [7, 11) is 0. The van der Waals surface area contributed by atoms with Crippen molar-refractivity contribution in [3.63, 3.8) is 0 Å². The van der Waals surface area contributed by atoms with E-state index >= 15 is 0 Å². The zero-order chi connectivity index (χ0) is 15.6. The first kappa shape index (κ1) is 15.9. The summed E-state index contributed by atoms with van der Waals surface area (Å²) in [6.07, 6.45) is -4.06. The summed E-state index contributed by atoms with van der Waals surface area (Å²) >= 11 is 5.57. The molecule has 1 atom stereocenters. The molecule has 0 saturated carbocycles. The molecule has 0 aromatic heterocycles. The van der Waals surface area contributed by atoms with Crippen molar-refractivity contribution in [2.24, 2.45) is 0 Å². The molecule has 0 radical (unpaired) electrons. The highest BCUT2D eigenvalue weighted by atomic mass is 35.5. The Morgan fingerprint density at radius 1 is 1.43 bits per heavy atom. The van der Waals surface area contributed by atoms with Crippen LogP contribution in [0.1, 0.15) is 18.4 Å². The minimum absolute atomic E-state index is 0.0614. The molecule has 2 rings (SSSR count). The third-order valence-corrected chi connectivity index (χ3v) is 3.45. The second-order valence-corrected chi connectivity index (χ2v) is 5.30. The van der Waals surface area contributed by atoms with Gasteiger partial charge in [0.25, 0.3) is 0 Å². The number of benzene rings is 1. The molecular formula is C13H14ClF3N2O2. The Hall–Kier alpha value is -1.47. The molecule has 0 unspecified atom stereocenters. The van der Waals surface area contributed by atoms with Gasteiger partial charge in [-0.15, -0.1) is 0 Å². The average Bonchev–Trinajstić information content (AvgIpc) is 2.39. The predicted octanol–water partition coefficient (Wildman–Crippen LogP) is 3.35. The summed E-state index contributed by atoms with van der Waals surface area (Å²) in [6.45, 7) is 0.513. The van der Waals surface area contributed by atoms with Gasteiger partial charge in [-0.1, -0.05) is 11.6 Å². The summed E-state index contributed by atoms with van der Waals surface area (Å²) in [5.41, 5.74) is -1.35. The molecule has 1 saturated heterocycles. The molecule has 0 spiro atoms. The molecule has 1 heterocycles. The molecule has 1 aromatic rings. The van der Waals surface area contributed by atoms with Crippen molar-refractivity contribution < 1.29 is 23.1 Å². The number of aliphatic hydroxyl groups excluding tert-OH is 1. The number of rotatable bonds is 1. The Labute approximate surface area is 124 Å². The van der Waals surface area contributed by atoms with E-state index in [1.165, 1.54) is 11.0 Å². The van der Waals surface area contributed by atoms with Crippen LogP contribution in [0.3, 0.4) is 0 Å². The molecule has 2 N–H and O–H groups in total. The number of nitrogens with one attached hydrogen (secondary N) is 1. The first-order valence-corrected chi connectivity index (χ1v) is 6.76. The maximum Gasteiger partial charge on any atom is 0.418 e. The quantitative estimate of drug-likeness (QED) is 0.833. The number of piperidine rings is 1. The van der Waals surface area contributed by atoms with Gasteiger partial charge in [0.05, 0.1) is 17.4 Å². The van der Waals surface area contributed by atoms with E-state index in [-0.39, 0.29) is 17.3 Å². The fourth-order valence-corrected chi connectivity index (χ4v) is 2.37. The van der Waals surface area contributed by atoms with Gasteiger partial charge in [-0.05, 0) is 31.0 Å². The van der Waals surface area contributed by atoms with Crippen molar-refractivity contribution in [3.05, 3.63) is 28.8 Å². The van der Waals surface area contributed by atoms with Crippen LogP contribution < -0.4 is 5.32 Å². The number of nitrogens with zero attached hydrogens (tertiary/aromatic N) is 1. The van der Waals surface area contributed by atoms with E-state index in [1.54, 1.807) is 0 Å². The lowest BCUT2D eigenvalue weighted by Crippen LogP contribution is -2.44. The number of anilines is 1. The van der Waals surface area contributed by atoms with Crippen LogP contribution in [0.15, 0.2) is 18.2 Å². The van der Waals surface area contributed by atoms with Crippen LogP contribution in [0.4, 0.5) is 23.7 Å². The number of likely N-dealkylation sites (tertiary alicyclic amines) is 1. The number of carbonyl (C=O) groups is 1. The molecule has 2 amide bonds. The van der Waals surface area contributed by atoms with Crippen LogP contribution in [0, 0.1) is 0 Å². The molecule has 21 heavy (non-hydrogen) atoms. The lowest BCUT2D eigenvalue weighted by atomic mass is 10.1. The number of alkyl halides is 3. The number of hydrogen-bond donors (Lipinski definition) is 2. The standard InChI is InChI=1S/C13H14ClF3N2O2/c14-8-3-4-11(10(6-8)13(15,16)17)18-12(21)19-5-1-2-9(20)7-19/h3-4,6,9,20H,1-2,5,7H2,(H,18,21)/t9-/m0/s1. The zero-order valence-electron chi connectivity index (χ0n) is 11.0. The number of urea groups is 1. The van der Waals surface area contributed by atoms with Gasteiger partial charge in [0.1, 0.15) is 0 Å². The molecule has 1 aliphatic rings. The van der Waals surface area contributed by atoms with E-state index < -0.39 is 23.9 Å². The average molecular weight is 323 g/mol. The molecular weight excluding hydrogens is 309 g/mol. The Bertz CT molecular complexity index is 537. The number of aliphatic hydroxyl groups is 1. The summed E-state index contributed by atoms with van der Waals surface area (Å²) < 4.78 is 38.8. The van der Waals surface area contributed by atoms with Gasteiger partial charge in [-0.3, -0.25) is 0 Å². The van der Waals surface area contributed by atoms with E-state index in [4.69, 9.17) is 11.6 Å². The summed E-state index contributed by atoms with van der Waals surface area (Å²) in [6, 6.07) is 2.49. The molecule has 116 valence electrons. The van der Waals surface area contributed by atoms with Crippen molar-refractivity contribution in [3.8, 4) is 0 Å². The lowest BCUT2D eigenvalue weighted by Gasteiger charge is -2.30. The van der Waals surface area contributed by atoms with Crippen molar-refractivity contribution in [2.45, 2.75) is 25.1 Å². The molecule has 1 aromatic carbocycles. The van der Waals surface area contributed by atoms with Gasteiger partial charge in [-0.2, -0.15) is 13.2 Å². The maximum absolute atomic E-state index is 12.9. The van der Waals surface area contributed by atoms with E-state index in [1.807, 2.05) is 0 Å². The first-order chi connectivity index (χ1) is 9.77. The van der Waals surface area contributed by atoms with E-state index in [9.17, 15) is 23.1 Å². The van der Waals surface area contributed by atoms with Crippen LogP contribution >= 0.6 is 11.6 Å². The Morgan fingerprint density at radius 2 is 2.14 bits per heavy atom. The topological polar surface area (TPSA) is 52.6 Å². The normalized spacial score (nSPS) is 19.5. The van der Waals surface area contributed by atoms with Crippen LogP contribution in [0.5, 0.6) is 0 Å². The van der Waals surface area contributed by atoms with Gasteiger partial charge >= 0.3 is 12.2 Å². The van der Waals surface area contributed by atoms with Crippen molar-refractivity contribution in [1.29, 1.82) is 0 Å². The van der Waals surface area contributed by atoms with Crippen molar-refractivity contribution >= 4 is 23.3 Å². The third kappa shape index (κ3) is 4.01. The Kier molecular flexibility index (Phi) is 4.63. The smallest absolute Gasteiger partial charge is 0.391 e. The number of hydrogen-bond acceptors (Lipinski definition) is 2. The van der Waals surface area contributed by atoms with E-state index in [2.05, 4.69) is 5.32 Å². The molecule has 8 heteroatoms. The SMILES string of the molecule is O=C(Nc1ccc(Cl)cc1C(F)(F)F)N1CCC[C@H](O)C1. The molecule has 4 nitrogen and oxygen atoms in total. The van der Waals surface area contributed by atoms with Crippen molar-refractivity contribution in [2.75, 3.05) is 18.4 Å². The molecule has 0 aliphatic carbocycles. The second-order valence-electron chi connectivity index (χ2n) is 4.86. The largest absolute Gasteiger partial charge is 0.418 e. The molecule has 1 fully saturated rings. The highest BCUT2D eigenvalue weighted by Gasteiger charge is 2.34. The summed E-state index contributed by atoms with van der Waals surface area (Å²) in [5.74, 6) is 0. The van der Waals surface area contributed by atoms with Crippen molar-refractivity contribution in [1.82, 2.24) is 4.90 Å². The van der Waals surface area contributed by atoms with Gasteiger partial charge in [0, 0.05) is 18.1 Å². The second kappa shape index (κ2) is 6.11. The molecule has 1 aliphatic heterocycles. The fourth-order valence-electron chi connectivity index (χ4n) is 2.19. The van der Waals surface area contributed by atoms with E-state index in [0.717, 1.165) is 12.1 Å². The lowest BCUT2D eigenvalue weighted by molar-refractivity contribution is -0.136. The number of β-amino-alcohol motifs (C(OH)–C–C–N with tert-alkyl or cyclic N) is 1. The van der Waals surface area contributed by atoms with Gasteiger partial charge < -0.3 is 15.3 Å². The molecule has 0 bridgehead atoms. The van der Waals surface area contributed by atoms with Crippen LogP contribution in [0.25, 0.3) is 0 Å². The van der Waals surface area contributed by atoms with Crippen LogP contribution in [-0.4, -0.2) is 35.2 Å².